The summed E-state index contributed by atoms with van der Waals surface area (Å²) in [4.78, 5) is 37.8. The normalized spacial score (nSPS) is 13.8. The number of quaternary nitrogens is 1. The largest absolute Gasteiger partial charge is 0.444 e. The van der Waals surface area contributed by atoms with E-state index in [0.29, 0.717) is 65.1 Å². The summed E-state index contributed by atoms with van der Waals surface area (Å²) in [6.07, 6.45) is 4.54. The van der Waals surface area contributed by atoms with E-state index in [0.717, 1.165) is 0 Å². The zero-order chi connectivity index (χ0) is 28.2. The minimum Gasteiger partial charge on any atom is -0.444 e. The second-order valence-corrected chi connectivity index (χ2v) is 10.9. The molecular formula is C28H32FN6O3S+. The zero-order valence-electron chi connectivity index (χ0n) is 22.4. The van der Waals surface area contributed by atoms with Gasteiger partial charge in [0.2, 0.25) is 0 Å². The van der Waals surface area contributed by atoms with Crippen molar-refractivity contribution in [3.05, 3.63) is 71.8 Å². The Balaban J connectivity index is 1.50. The first-order valence-electron chi connectivity index (χ1n) is 12.5. The van der Waals surface area contributed by atoms with Crippen LogP contribution in [0.2, 0.25) is 0 Å². The predicted octanol–water partition coefficient (Wildman–Crippen LogP) is 4.19. The number of hydrogen-bond acceptors (Lipinski definition) is 7. The molecule has 9 nitrogen and oxygen atoms in total. The Morgan fingerprint density at radius 1 is 1.03 bits per heavy atom. The van der Waals surface area contributed by atoms with E-state index >= 15 is 0 Å². The third-order valence-corrected chi connectivity index (χ3v) is 6.74. The number of ether oxygens (including phenoxy) is 1. The van der Waals surface area contributed by atoms with Crippen LogP contribution in [0.15, 0.2) is 54.9 Å². The van der Waals surface area contributed by atoms with Crippen molar-refractivity contribution in [3.63, 3.8) is 0 Å². The maximum absolute atomic E-state index is 14.2. The molecule has 0 unspecified atom stereocenters. The molecule has 4 rings (SSSR count). The van der Waals surface area contributed by atoms with Crippen LogP contribution in [0.25, 0.3) is 11.1 Å². The summed E-state index contributed by atoms with van der Waals surface area (Å²) >= 11 is 1.29. The van der Waals surface area contributed by atoms with Crippen LogP contribution in [0.1, 0.15) is 36.7 Å². The number of amides is 2. The van der Waals surface area contributed by atoms with Gasteiger partial charge in [0.05, 0.1) is 10.6 Å². The lowest BCUT2D eigenvalue weighted by Gasteiger charge is -2.35. The van der Waals surface area contributed by atoms with Gasteiger partial charge in [0, 0.05) is 61.3 Å². The maximum atomic E-state index is 14.2. The number of rotatable bonds is 5. The van der Waals surface area contributed by atoms with Crippen molar-refractivity contribution in [3.8, 4) is 11.1 Å². The monoisotopic (exact) mass is 551 g/mol. The second kappa shape index (κ2) is 11.9. The number of piperazine rings is 1. The number of carbonyl (C=O) groups is 2. The van der Waals surface area contributed by atoms with E-state index in [1.54, 1.807) is 63.9 Å². The van der Waals surface area contributed by atoms with Crippen LogP contribution in [0.3, 0.4) is 0 Å². The van der Waals surface area contributed by atoms with E-state index < -0.39 is 5.60 Å². The molecule has 1 fully saturated rings. The Morgan fingerprint density at radius 2 is 1.67 bits per heavy atom. The summed E-state index contributed by atoms with van der Waals surface area (Å²) in [6.45, 7) is 7.01. The molecule has 0 spiro atoms. The lowest BCUT2D eigenvalue weighted by molar-refractivity contribution is -0.487. The summed E-state index contributed by atoms with van der Waals surface area (Å²) in [5, 5.41) is 10.4. The number of benzene rings is 2. The third-order valence-electron chi connectivity index (χ3n) is 6.11. The van der Waals surface area contributed by atoms with E-state index in [9.17, 15) is 14.0 Å². The first-order chi connectivity index (χ1) is 18.6. The maximum Gasteiger partial charge on any atom is 0.410 e. The SMILES string of the molecule is CSC(=N)c1ccc(C(=O)N2CCN(C(=O)OC(C)(C)C)CC2)cc1[NH2+]c1ncc(-c2ccccc2F)cn1. The summed E-state index contributed by atoms with van der Waals surface area (Å²) in [6, 6.07) is 11.6. The second-order valence-electron chi connectivity index (χ2n) is 10.0. The number of nitrogens with two attached hydrogens (primary N) is 1. The van der Waals surface area contributed by atoms with E-state index in [2.05, 4.69) is 9.97 Å². The molecule has 2 amide bonds. The summed E-state index contributed by atoms with van der Waals surface area (Å²) < 4.78 is 19.6. The molecule has 0 bridgehead atoms. The Morgan fingerprint density at radius 3 is 2.28 bits per heavy atom. The lowest BCUT2D eigenvalue weighted by Crippen LogP contribution is -2.72. The van der Waals surface area contributed by atoms with Gasteiger partial charge >= 0.3 is 12.0 Å². The third kappa shape index (κ3) is 6.98. The van der Waals surface area contributed by atoms with Gasteiger partial charge in [0.25, 0.3) is 5.91 Å². The van der Waals surface area contributed by atoms with E-state index in [4.69, 9.17) is 10.1 Å². The molecule has 0 aliphatic carbocycles. The van der Waals surface area contributed by atoms with Crippen molar-refractivity contribution in [1.29, 1.82) is 5.41 Å². The van der Waals surface area contributed by atoms with Gasteiger partial charge < -0.3 is 14.5 Å². The first kappa shape index (κ1) is 28.2. The molecule has 0 radical (unpaired) electrons. The molecule has 1 aliphatic rings. The van der Waals surface area contributed by atoms with Gasteiger partial charge in [-0.1, -0.05) is 18.2 Å². The molecule has 39 heavy (non-hydrogen) atoms. The number of halogens is 1. The number of nitrogens with one attached hydrogen (secondary N) is 1. The molecule has 3 N–H and O–H groups in total. The molecule has 2 aromatic carbocycles. The number of thioether (sulfide) groups is 1. The minimum absolute atomic E-state index is 0.161. The van der Waals surface area contributed by atoms with Gasteiger partial charge in [-0.25, -0.2) is 14.5 Å². The fraction of sp³-hybridized carbons (Fsp3) is 0.321. The highest BCUT2D eigenvalue weighted by atomic mass is 32.2. The van der Waals surface area contributed by atoms with Gasteiger partial charge in [0.15, 0.2) is 0 Å². The zero-order valence-corrected chi connectivity index (χ0v) is 23.2. The Bertz CT molecular complexity index is 1370. The van der Waals surface area contributed by atoms with Crippen molar-refractivity contribution < 1.29 is 24.0 Å². The van der Waals surface area contributed by atoms with E-state index in [-0.39, 0.29) is 17.8 Å². The van der Waals surface area contributed by atoms with Gasteiger partial charge in [-0.2, -0.15) is 9.97 Å². The van der Waals surface area contributed by atoms with Crippen molar-refractivity contribution in [2.24, 2.45) is 0 Å². The Hall–Kier alpha value is -3.83. The van der Waals surface area contributed by atoms with Crippen LogP contribution < -0.4 is 5.32 Å². The standard InChI is InChI=1S/C28H31FN6O3S/c1-28(2,3)38-27(37)35-13-11-34(12-14-35)25(36)18-9-10-21(24(30)39-4)23(15-18)33-26-31-16-19(17-32-26)20-7-5-6-8-22(20)29/h5-10,15-17,30H,11-14H2,1-4H3,(H,31,32,33)/p+1. The summed E-state index contributed by atoms with van der Waals surface area (Å²) in [5.74, 6) is -0.140. The van der Waals surface area contributed by atoms with Crippen LogP contribution in [0.4, 0.5) is 20.8 Å². The lowest BCUT2D eigenvalue weighted by atomic mass is 10.1. The molecule has 204 valence electrons. The van der Waals surface area contributed by atoms with Crippen molar-refractivity contribution in [2.45, 2.75) is 26.4 Å². The van der Waals surface area contributed by atoms with Gasteiger partial charge in [-0.05, 0) is 45.2 Å². The highest BCUT2D eigenvalue weighted by Crippen LogP contribution is 2.23. The summed E-state index contributed by atoms with van der Waals surface area (Å²) in [7, 11) is 0. The van der Waals surface area contributed by atoms with Crippen molar-refractivity contribution >= 4 is 40.4 Å². The summed E-state index contributed by atoms with van der Waals surface area (Å²) in [5.41, 5.74) is 2.13. The first-order valence-corrected chi connectivity index (χ1v) is 13.7. The van der Waals surface area contributed by atoms with Gasteiger partial charge in [-0.3, -0.25) is 10.2 Å². The van der Waals surface area contributed by atoms with Crippen LogP contribution in [0, 0.1) is 11.2 Å². The highest BCUT2D eigenvalue weighted by molar-refractivity contribution is 8.13. The average molecular weight is 552 g/mol. The molecule has 3 aromatic rings. The number of carbonyl (C=O) groups excluding carboxylic acids is 2. The topological polar surface area (TPSA) is 116 Å². The number of hydrogen-bond donors (Lipinski definition) is 2. The smallest absolute Gasteiger partial charge is 0.410 e. The number of nitrogens with zero attached hydrogens (tertiary/aromatic N) is 4. The Kier molecular flexibility index (Phi) is 8.61. The van der Waals surface area contributed by atoms with Crippen molar-refractivity contribution in [1.82, 2.24) is 19.8 Å². The van der Waals surface area contributed by atoms with Crippen LogP contribution in [-0.2, 0) is 4.74 Å². The van der Waals surface area contributed by atoms with Crippen LogP contribution in [-0.4, -0.2) is 74.8 Å². The molecule has 1 aliphatic heterocycles. The predicted molar refractivity (Wildman–Crippen MR) is 149 cm³/mol. The Labute approximate surface area is 231 Å². The molecule has 1 aromatic heterocycles. The average Bonchev–Trinajstić information content (AvgIpc) is 2.92. The molecule has 11 heteroatoms. The quantitative estimate of drug-likeness (QED) is 0.279. The van der Waals surface area contributed by atoms with Gasteiger partial charge in [0.1, 0.15) is 17.1 Å². The fourth-order valence-corrected chi connectivity index (χ4v) is 4.52. The fourth-order valence-electron chi connectivity index (χ4n) is 4.12. The van der Waals surface area contributed by atoms with E-state index in [1.807, 2.05) is 27.0 Å². The van der Waals surface area contributed by atoms with E-state index in [1.165, 1.54) is 17.8 Å². The highest BCUT2D eigenvalue weighted by Gasteiger charge is 2.29. The molecule has 1 saturated heterocycles. The van der Waals surface area contributed by atoms with Crippen LogP contribution >= 0.6 is 11.8 Å². The van der Waals surface area contributed by atoms with Crippen molar-refractivity contribution in [2.75, 3.05) is 32.4 Å². The molecule has 0 saturated carbocycles. The molecular weight excluding hydrogens is 519 g/mol. The minimum atomic E-state index is -0.578. The molecule has 2 heterocycles. The van der Waals surface area contributed by atoms with Gasteiger partial charge in [-0.15, -0.1) is 11.8 Å². The molecule has 0 atom stereocenters. The number of aromatic nitrogens is 2. The van der Waals surface area contributed by atoms with Crippen LogP contribution in [0.5, 0.6) is 0 Å².